The Labute approximate surface area is 156 Å². The van der Waals surface area contributed by atoms with Crippen molar-refractivity contribution < 1.29 is 18.0 Å². The number of benzene rings is 1. The first-order chi connectivity index (χ1) is 12.9. The van der Waals surface area contributed by atoms with Gasteiger partial charge in [0.2, 0.25) is 0 Å². The molecule has 0 radical (unpaired) electrons. The molecule has 2 aliphatic rings. The van der Waals surface area contributed by atoms with E-state index in [9.17, 15) is 18.0 Å². The molecule has 1 saturated carbocycles. The lowest BCUT2D eigenvalue weighted by Crippen LogP contribution is -2.36. The Morgan fingerprint density at radius 3 is 2.48 bits per heavy atom. The van der Waals surface area contributed by atoms with Crippen molar-refractivity contribution >= 4 is 5.91 Å². The summed E-state index contributed by atoms with van der Waals surface area (Å²) in [5.41, 5.74) is 1.58. The van der Waals surface area contributed by atoms with E-state index >= 15 is 0 Å². The van der Waals surface area contributed by atoms with E-state index in [1.54, 1.807) is 17.7 Å². The summed E-state index contributed by atoms with van der Waals surface area (Å²) < 4.78 is 40.9. The molecule has 7 heteroatoms. The van der Waals surface area contributed by atoms with Crippen LogP contribution in [0.15, 0.2) is 24.3 Å². The van der Waals surface area contributed by atoms with E-state index in [4.69, 9.17) is 0 Å². The predicted molar refractivity (Wildman–Crippen MR) is 95.0 cm³/mol. The summed E-state index contributed by atoms with van der Waals surface area (Å²) in [6.45, 7) is 3.24. The molecule has 0 atom stereocenters. The summed E-state index contributed by atoms with van der Waals surface area (Å²) in [6, 6.07) is 5.16. The van der Waals surface area contributed by atoms with Gasteiger partial charge in [-0.2, -0.15) is 18.3 Å². The average molecular weight is 377 g/mol. The van der Waals surface area contributed by atoms with Crippen LogP contribution >= 0.6 is 0 Å². The molecule has 0 bridgehead atoms. The van der Waals surface area contributed by atoms with Crippen LogP contribution in [-0.2, 0) is 6.18 Å². The van der Waals surface area contributed by atoms with Crippen molar-refractivity contribution in [2.24, 2.45) is 0 Å². The maximum absolute atomic E-state index is 13.1. The highest BCUT2D eigenvalue weighted by atomic mass is 19.4. The van der Waals surface area contributed by atoms with Crippen LogP contribution in [0.4, 0.5) is 13.2 Å². The van der Waals surface area contributed by atoms with Crippen molar-refractivity contribution in [1.29, 1.82) is 0 Å². The van der Waals surface area contributed by atoms with Crippen LogP contribution in [0.25, 0.3) is 5.69 Å². The number of aromatic nitrogens is 2. The number of halogens is 3. The zero-order valence-electron chi connectivity index (χ0n) is 15.2. The second-order valence-corrected chi connectivity index (χ2v) is 7.43. The fourth-order valence-electron chi connectivity index (χ4n) is 3.81. The molecule has 144 valence electrons. The molecule has 4 rings (SSSR count). The topological polar surface area (TPSA) is 38.1 Å². The minimum Gasteiger partial charge on any atom is -0.339 e. The molecular formula is C20H22F3N3O. The van der Waals surface area contributed by atoms with Gasteiger partial charge >= 0.3 is 6.18 Å². The lowest BCUT2D eigenvalue weighted by Gasteiger charge is -2.27. The number of nitrogens with zero attached hydrogens (tertiary/aromatic N) is 3. The van der Waals surface area contributed by atoms with E-state index < -0.39 is 11.7 Å². The SMILES string of the molecule is Cc1nn(-c2cccc(C(F)(F)F)c2)c(C2CC2)c1C(=O)N1CCCCC1. The third kappa shape index (κ3) is 3.47. The van der Waals surface area contributed by atoms with Gasteiger partial charge in [0.25, 0.3) is 5.91 Å². The Bertz CT molecular complexity index is 862. The zero-order valence-corrected chi connectivity index (χ0v) is 15.2. The zero-order chi connectivity index (χ0) is 19.2. The van der Waals surface area contributed by atoms with Gasteiger partial charge in [-0.25, -0.2) is 4.68 Å². The molecule has 4 nitrogen and oxygen atoms in total. The van der Waals surface area contributed by atoms with E-state index in [1.807, 2.05) is 4.90 Å². The normalized spacial score (nSPS) is 18.0. The van der Waals surface area contributed by atoms with Gasteiger partial charge in [-0.15, -0.1) is 0 Å². The molecule has 2 aromatic rings. The van der Waals surface area contributed by atoms with Gasteiger partial charge < -0.3 is 4.90 Å². The van der Waals surface area contributed by atoms with Gasteiger partial charge in [-0.1, -0.05) is 6.07 Å². The number of amides is 1. The number of alkyl halides is 3. The summed E-state index contributed by atoms with van der Waals surface area (Å²) in [6.07, 6.45) is 0.567. The van der Waals surface area contributed by atoms with Crippen LogP contribution in [0, 0.1) is 6.92 Å². The first-order valence-electron chi connectivity index (χ1n) is 9.42. The van der Waals surface area contributed by atoms with Crippen LogP contribution in [0.1, 0.15) is 65.3 Å². The van der Waals surface area contributed by atoms with Gasteiger partial charge in [0.15, 0.2) is 0 Å². The Balaban J connectivity index is 1.78. The van der Waals surface area contributed by atoms with Crippen molar-refractivity contribution in [3.05, 3.63) is 46.8 Å². The first kappa shape index (κ1) is 18.1. The number of rotatable bonds is 3. The fourth-order valence-corrected chi connectivity index (χ4v) is 3.81. The molecule has 27 heavy (non-hydrogen) atoms. The molecule has 1 saturated heterocycles. The second-order valence-electron chi connectivity index (χ2n) is 7.43. The van der Waals surface area contributed by atoms with Crippen molar-refractivity contribution in [2.75, 3.05) is 13.1 Å². The van der Waals surface area contributed by atoms with E-state index in [1.165, 1.54) is 6.07 Å². The fraction of sp³-hybridized carbons (Fsp3) is 0.500. The first-order valence-corrected chi connectivity index (χ1v) is 9.42. The second kappa shape index (κ2) is 6.69. The summed E-state index contributed by atoms with van der Waals surface area (Å²) in [5, 5.41) is 4.48. The Morgan fingerprint density at radius 2 is 1.85 bits per heavy atom. The smallest absolute Gasteiger partial charge is 0.339 e. The molecule has 0 spiro atoms. The van der Waals surface area contributed by atoms with Crippen molar-refractivity contribution in [3.63, 3.8) is 0 Å². The molecule has 1 amide bonds. The van der Waals surface area contributed by atoms with Gasteiger partial charge in [0.05, 0.1) is 28.2 Å². The molecule has 1 aromatic heterocycles. The van der Waals surface area contributed by atoms with E-state index in [-0.39, 0.29) is 11.8 Å². The van der Waals surface area contributed by atoms with Crippen molar-refractivity contribution in [3.8, 4) is 5.69 Å². The highest BCUT2D eigenvalue weighted by molar-refractivity contribution is 5.97. The lowest BCUT2D eigenvalue weighted by atomic mass is 10.1. The standard InChI is InChI=1S/C20H22F3N3O/c1-13-17(19(27)25-10-3-2-4-11-25)18(14-8-9-14)26(24-13)16-7-5-6-15(12-16)20(21,22)23/h5-7,12,14H,2-4,8-11H2,1H3. The van der Waals surface area contributed by atoms with Crippen LogP contribution < -0.4 is 0 Å². The van der Waals surface area contributed by atoms with Crippen LogP contribution in [-0.4, -0.2) is 33.7 Å². The molecule has 1 aromatic carbocycles. The van der Waals surface area contributed by atoms with Crippen LogP contribution in [0.2, 0.25) is 0 Å². The Morgan fingerprint density at radius 1 is 1.15 bits per heavy atom. The largest absolute Gasteiger partial charge is 0.416 e. The summed E-state index contributed by atoms with van der Waals surface area (Å²) >= 11 is 0. The molecule has 1 aliphatic carbocycles. The summed E-state index contributed by atoms with van der Waals surface area (Å²) in [5.74, 6) is 0.150. The number of hydrogen-bond donors (Lipinski definition) is 0. The number of piperidine rings is 1. The van der Waals surface area contributed by atoms with Crippen LogP contribution in [0.5, 0.6) is 0 Å². The minimum atomic E-state index is -4.41. The van der Waals surface area contributed by atoms with Gasteiger partial charge in [-0.05, 0) is 57.2 Å². The Kier molecular flexibility index (Phi) is 4.48. The third-order valence-corrected chi connectivity index (χ3v) is 5.34. The highest BCUT2D eigenvalue weighted by Gasteiger charge is 2.37. The molecule has 2 heterocycles. The Hall–Kier alpha value is -2.31. The van der Waals surface area contributed by atoms with Gasteiger partial charge in [0, 0.05) is 19.0 Å². The maximum atomic E-state index is 13.1. The number of likely N-dealkylation sites (tertiary alicyclic amines) is 1. The minimum absolute atomic E-state index is 0.0349. The highest BCUT2D eigenvalue weighted by Crippen LogP contribution is 2.44. The number of carbonyl (C=O) groups is 1. The predicted octanol–water partition coefficient (Wildman–Crippen LogP) is 4.70. The summed E-state index contributed by atoms with van der Waals surface area (Å²) in [7, 11) is 0. The molecular weight excluding hydrogens is 355 g/mol. The molecule has 0 N–H and O–H groups in total. The van der Waals surface area contributed by atoms with Gasteiger partial charge in [-0.3, -0.25) is 4.79 Å². The van der Waals surface area contributed by atoms with Crippen molar-refractivity contribution in [1.82, 2.24) is 14.7 Å². The van der Waals surface area contributed by atoms with Crippen LogP contribution in [0.3, 0.4) is 0 Å². The number of carbonyl (C=O) groups excluding carboxylic acids is 1. The third-order valence-electron chi connectivity index (χ3n) is 5.34. The molecule has 0 unspecified atom stereocenters. The maximum Gasteiger partial charge on any atom is 0.416 e. The quantitative estimate of drug-likeness (QED) is 0.777. The monoisotopic (exact) mass is 377 g/mol. The summed E-state index contributed by atoms with van der Waals surface area (Å²) in [4.78, 5) is 15.0. The molecule has 2 fully saturated rings. The average Bonchev–Trinajstić information content (AvgIpc) is 3.44. The van der Waals surface area contributed by atoms with Gasteiger partial charge in [0.1, 0.15) is 0 Å². The van der Waals surface area contributed by atoms with Crippen molar-refractivity contribution in [2.45, 2.75) is 51.1 Å². The number of aryl methyl sites for hydroxylation is 1. The van der Waals surface area contributed by atoms with E-state index in [2.05, 4.69) is 5.10 Å². The molecule has 1 aliphatic heterocycles. The van der Waals surface area contributed by atoms with E-state index in [0.717, 1.165) is 63.0 Å². The van der Waals surface area contributed by atoms with E-state index in [0.29, 0.717) is 16.9 Å². The lowest BCUT2D eigenvalue weighted by molar-refractivity contribution is -0.137. The number of hydrogen-bond acceptors (Lipinski definition) is 2.